The lowest BCUT2D eigenvalue weighted by atomic mass is 10.0. The van der Waals surface area contributed by atoms with Crippen molar-refractivity contribution < 1.29 is 14.3 Å². The lowest BCUT2D eigenvalue weighted by molar-refractivity contribution is -0.115. The van der Waals surface area contributed by atoms with Gasteiger partial charge in [0, 0.05) is 48.0 Å². The second-order valence-corrected chi connectivity index (χ2v) is 9.17. The lowest BCUT2D eigenvalue weighted by Gasteiger charge is -2.29. The van der Waals surface area contributed by atoms with E-state index in [0.29, 0.717) is 23.0 Å². The molecule has 0 bridgehead atoms. The predicted octanol–water partition coefficient (Wildman–Crippen LogP) is 5.42. The molecule has 2 unspecified atom stereocenters. The van der Waals surface area contributed by atoms with E-state index in [4.69, 9.17) is 21.7 Å². The monoisotopic (exact) mass is 527 g/mol. The summed E-state index contributed by atoms with van der Waals surface area (Å²) in [5.41, 5.74) is 4.30. The number of hydrogen-bond donors (Lipinski definition) is 2. The number of anilines is 2. The third-order valence-electron chi connectivity index (χ3n) is 6.57. The Morgan fingerprint density at radius 3 is 2.63 bits per heavy atom. The number of nitrogens with zero attached hydrogens (tertiary/aromatic N) is 3. The number of methoxy groups -OCH3 is 2. The largest absolute Gasteiger partial charge is 0.497 e. The molecule has 1 aliphatic rings. The number of amides is 1. The molecule has 0 saturated carbocycles. The molecule has 0 radical (unpaired) electrons. The quantitative estimate of drug-likeness (QED) is 0.296. The minimum atomic E-state index is -0.237. The van der Waals surface area contributed by atoms with Crippen LogP contribution in [0.4, 0.5) is 11.4 Å². The van der Waals surface area contributed by atoms with Gasteiger partial charge in [0.2, 0.25) is 5.91 Å². The second-order valence-electron chi connectivity index (χ2n) is 8.79. The molecule has 38 heavy (non-hydrogen) atoms. The van der Waals surface area contributed by atoms with E-state index in [1.54, 1.807) is 20.4 Å². The van der Waals surface area contributed by atoms with Crippen LogP contribution in [0, 0.1) is 0 Å². The Bertz CT molecular complexity index is 1460. The molecular weight excluding hydrogens is 498 g/mol. The van der Waals surface area contributed by atoms with Crippen molar-refractivity contribution in [2.45, 2.75) is 25.4 Å². The van der Waals surface area contributed by atoms with Crippen molar-refractivity contribution in [1.82, 2.24) is 14.9 Å². The zero-order valence-corrected chi connectivity index (χ0v) is 22.2. The van der Waals surface area contributed by atoms with Gasteiger partial charge in [0.05, 0.1) is 31.6 Å². The summed E-state index contributed by atoms with van der Waals surface area (Å²) < 4.78 is 13.3. The highest BCUT2D eigenvalue weighted by molar-refractivity contribution is 7.80. The van der Waals surface area contributed by atoms with Gasteiger partial charge in [-0.3, -0.25) is 9.78 Å². The third kappa shape index (κ3) is 4.80. The number of thiocarbonyl (C=S) groups is 1. The highest BCUT2D eigenvalue weighted by Crippen LogP contribution is 2.44. The molecule has 1 fully saturated rings. The molecule has 194 valence electrons. The number of aromatic nitrogens is 2. The molecule has 1 aliphatic heterocycles. The van der Waals surface area contributed by atoms with Gasteiger partial charge in [-0.15, -0.1) is 0 Å². The Labute approximate surface area is 227 Å². The number of benzene rings is 2. The normalized spacial score (nSPS) is 16.7. The summed E-state index contributed by atoms with van der Waals surface area (Å²) in [6.07, 6.45) is 4.19. The van der Waals surface area contributed by atoms with E-state index < -0.39 is 0 Å². The third-order valence-corrected chi connectivity index (χ3v) is 6.89. The van der Waals surface area contributed by atoms with Crippen LogP contribution < -0.4 is 25.0 Å². The number of carbonyl (C=O) groups excluding carboxylic acids is 1. The summed E-state index contributed by atoms with van der Waals surface area (Å²) in [6, 6.07) is 23.1. The highest BCUT2D eigenvalue weighted by Gasteiger charge is 2.42. The van der Waals surface area contributed by atoms with Crippen molar-refractivity contribution in [1.29, 1.82) is 0 Å². The van der Waals surface area contributed by atoms with Crippen LogP contribution in [0.5, 0.6) is 11.5 Å². The zero-order chi connectivity index (χ0) is 26.6. The summed E-state index contributed by atoms with van der Waals surface area (Å²) >= 11 is 5.90. The predicted molar refractivity (Wildman–Crippen MR) is 152 cm³/mol. The molecule has 0 aliphatic carbocycles. The van der Waals surface area contributed by atoms with Crippen molar-refractivity contribution in [3.05, 3.63) is 96.6 Å². The van der Waals surface area contributed by atoms with E-state index in [9.17, 15) is 4.79 Å². The molecule has 3 heterocycles. The number of pyridine rings is 1. The molecular formula is C29H29N5O3S. The van der Waals surface area contributed by atoms with Crippen molar-refractivity contribution >= 4 is 34.6 Å². The van der Waals surface area contributed by atoms with Crippen LogP contribution in [0.2, 0.25) is 0 Å². The van der Waals surface area contributed by atoms with Crippen LogP contribution in [-0.4, -0.2) is 34.8 Å². The van der Waals surface area contributed by atoms with Crippen LogP contribution in [-0.2, 0) is 4.79 Å². The number of rotatable bonds is 8. The standard InChI is InChI=1S/C29H29N5O3S/c1-4-26(35)31-22-14-13-20(18-25(22)37-3)34-28(27(32-29(34)38)23-11-5-6-15-30-23)24-12-8-16-33(24)19-9-7-10-21(17-19)36-2/h5-18,27-28H,4H2,1-3H3,(H,31,35)(H,32,38). The van der Waals surface area contributed by atoms with Gasteiger partial charge in [-0.1, -0.05) is 19.1 Å². The molecule has 5 rings (SSSR count). The first-order valence-electron chi connectivity index (χ1n) is 12.3. The fraction of sp³-hybridized carbons (Fsp3) is 0.207. The van der Waals surface area contributed by atoms with E-state index in [1.165, 1.54) is 0 Å². The van der Waals surface area contributed by atoms with E-state index in [1.807, 2.05) is 79.9 Å². The van der Waals surface area contributed by atoms with Crippen LogP contribution in [0.25, 0.3) is 5.69 Å². The van der Waals surface area contributed by atoms with Crippen LogP contribution in [0.15, 0.2) is 85.2 Å². The minimum absolute atomic E-state index is 0.0846. The van der Waals surface area contributed by atoms with Gasteiger partial charge in [0.15, 0.2) is 5.11 Å². The average Bonchev–Trinajstić information content (AvgIpc) is 3.58. The summed E-state index contributed by atoms with van der Waals surface area (Å²) in [5.74, 6) is 1.24. The van der Waals surface area contributed by atoms with Gasteiger partial charge in [-0.05, 0) is 60.7 Å². The Morgan fingerprint density at radius 1 is 1.03 bits per heavy atom. The fourth-order valence-electron chi connectivity index (χ4n) is 4.74. The van der Waals surface area contributed by atoms with Crippen LogP contribution >= 0.6 is 12.2 Å². The molecule has 0 spiro atoms. The fourth-order valence-corrected chi connectivity index (χ4v) is 5.08. The summed E-state index contributed by atoms with van der Waals surface area (Å²) in [5, 5.41) is 6.96. The van der Waals surface area contributed by atoms with Gasteiger partial charge in [0.1, 0.15) is 17.5 Å². The lowest BCUT2D eigenvalue weighted by Crippen LogP contribution is -2.30. The van der Waals surface area contributed by atoms with Crippen LogP contribution in [0.1, 0.15) is 36.8 Å². The average molecular weight is 528 g/mol. The SMILES string of the molecule is CCC(=O)Nc1ccc(N2C(=S)NC(c3ccccn3)C2c2cccn2-c2cccc(OC)c2)cc1OC. The maximum atomic E-state index is 12.0. The molecule has 2 aromatic carbocycles. The van der Waals surface area contributed by atoms with Crippen LogP contribution in [0.3, 0.4) is 0 Å². The topological polar surface area (TPSA) is 80.7 Å². The first-order valence-corrected chi connectivity index (χ1v) is 12.7. The number of carbonyl (C=O) groups is 1. The first-order chi connectivity index (χ1) is 18.5. The molecule has 1 amide bonds. The van der Waals surface area contributed by atoms with E-state index >= 15 is 0 Å². The molecule has 1 saturated heterocycles. The van der Waals surface area contributed by atoms with Gasteiger partial charge in [-0.25, -0.2) is 0 Å². The Morgan fingerprint density at radius 2 is 1.89 bits per heavy atom. The zero-order valence-electron chi connectivity index (χ0n) is 21.4. The molecule has 2 aromatic heterocycles. The molecule has 9 heteroatoms. The maximum absolute atomic E-state index is 12.0. The Balaban J connectivity index is 1.63. The van der Waals surface area contributed by atoms with Gasteiger partial charge in [0.25, 0.3) is 0 Å². The van der Waals surface area contributed by atoms with E-state index in [0.717, 1.165) is 28.5 Å². The Hall–Kier alpha value is -4.37. The van der Waals surface area contributed by atoms with Crippen molar-refractivity contribution in [2.75, 3.05) is 24.4 Å². The summed E-state index contributed by atoms with van der Waals surface area (Å²) in [7, 11) is 3.25. The van der Waals surface area contributed by atoms with Crippen molar-refractivity contribution in [3.8, 4) is 17.2 Å². The molecule has 4 aromatic rings. The Kier molecular flexibility index (Phi) is 7.28. The number of nitrogens with one attached hydrogen (secondary N) is 2. The number of ether oxygens (including phenoxy) is 2. The molecule has 2 N–H and O–H groups in total. The maximum Gasteiger partial charge on any atom is 0.224 e. The molecule has 8 nitrogen and oxygen atoms in total. The van der Waals surface area contributed by atoms with Gasteiger partial charge < -0.3 is 29.6 Å². The second kappa shape index (κ2) is 10.9. The smallest absolute Gasteiger partial charge is 0.224 e. The van der Waals surface area contributed by atoms with Crippen molar-refractivity contribution in [2.24, 2.45) is 0 Å². The summed E-state index contributed by atoms with van der Waals surface area (Å²) in [6.45, 7) is 1.81. The number of hydrogen-bond acceptors (Lipinski definition) is 5. The van der Waals surface area contributed by atoms with Gasteiger partial charge in [-0.2, -0.15) is 0 Å². The van der Waals surface area contributed by atoms with Crippen molar-refractivity contribution in [3.63, 3.8) is 0 Å². The highest BCUT2D eigenvalue weighted by atomic mass is 32.1. The van der Waals surface area contributed by atoms with E-state index in [2.05, 4.69) is 31.2 Å². The summed E-state index contributed by atoms with van der Waals surface area (Å²) in [4.78, 5) is 18.8. The van der Waals surface area contributed by atoms with Gasteiger partial charge >= 0.3 is 0 Å². The first kappa shape index (κ1) is 25.3. The molecule has 2 atom stereocenters. The van der Waals surface area contributed by atoms with E-state index in [-0.39, 0.29) is 18.0 Å². The minimum Gasteiger partial charge on any atom is -0.497 e.